The number of rotatable bonds is 7. The van der Waals surface area contributed by atoms with Crippen molar-refractivity contribution in [2.75, 3.05) is 58.9 Å². The highest BCUT2D eigenvalue weighted by atomic mass is 16.6. The Morgan fingerprint density at radius 1 is 1.00 bits per heavy atom. The number of aromatic amines is 1. The Morgan fingerprint density at radius 3 is 2.47 bits per heavy atom. The predicted octanol–water partition coefficient (Wildman–Crippen LogP) is 3.90. The first-order valence-corrected chi connectivity index (χ1v) is 20.8. The first-order chi connectivity index (χ1) is 27.7. The Hall–Kier alpha value is -4.43. The van der Waals surface area contributed by atoms with Gasteiger partial charge in [-0.05, 0) is 74.2 Å². The van der Waals surface area contributed by atoms with Crippen LogP contribution in [0.15, 0.2) is 48.6 Å². The van der Waals surface area contributed by atoms with Crippen molar-refractivity contribution in [3.63, 3.8) is 0 Å². The lowest BCUT2D eigenvalue weighted by Crippen LogP contribution is -2.81. The van der Waals surface area contributed by atoms with Gasteiger partial charge in [0.15, 0.2) is 6.10 Å². The highest BCUT2D eigenvalue weighted by Crippen LogP contribution is 2.68. The molecule has 1 aliphatic carbocycles. The molecule has 310 valence electrons. The highest BCUT2D eigenvalue weighted by molar-refractivity contribution is 5.94. The largest absolute Gasteiger partial charge is 0.496 e. The number of carbonyl (C=O) groups is 3. The van der Waals surface area contributed by atoms with Crippen molar-refractivity contribution in [1.29, 1.82) is 0 Å². The molecule has 1 unspecified atom stereocenters. The monoisotopic (exact) mass is 796 g/mol. The standard InChI is InChI=1S/C45H56N4O9/c1-7-41(54)22-27-23-44(39(51)52,35-29(14-18-48(24-27)25-41)28-12-9-10-13-32(28)46-35)31-20-30-33(21-34(31)56-5)47(4)37-43(30)16-19-49-17-11-15-42(8-2,36(43)49)38(58-26(3)50)45(37,55)40(53)57-6/h9-13,15,20-21,27,36-38,46,54-55H,7-8,14,16-19,22-25H2,1-6H3,(H,51,52)/t27-,36-,37+,38+,41-,42+,43+,44-,45-/m0/s1. The van der Waals surface area contributed by atoms with Crippen LogP contribution in [0.5, 0.6) is 5.75 Å². The van der Waals surface area contributed by atoms with Crippen molar-refractivity contribution in [3.05, 3.63) is 70.9 Å². The maximum absolute atomic E-state index is 14.7. The number of fused-ring (bicyclic) bond motifs is 6. The zero-order valence-corrected chi connectivity index (χ0v) is 34.3. The Labute approximate surface area is 338 Å². The fraction of sp³-hybridized carbons (Fsp3) is 0.578. The molecule has 13 nitrogen and oxygen atoms in total. The van der Waals surface area contributed by atoms with Crippen LogP contribution in [0.2, 0.25) is 0 Å². The number of hydrogen-bond donors (Lipinski definition) is 4. The lowest BCUT2D eigenvalue weighted by atomic mass is 9.47. The average molecular weight is 797 g/mol. The molecule has 4 N–H and O–H groups in total. The minimum absolute atomic E-state index is 0.180. The van der Waals surface area contributed by atoms with Gasteiger partial charge in [0.05, 0.1) is 25.9 Å². The summed E-state index contributed by atoms with van der Waals surface area (Å²) in [5.41, 5.74) is -2.53. The molecule has 2 aromatic carbocycles. The number of aliphatic carboxylic acids is 1. The number of hydrogen-bond acceptors (Lipinski definition) is 11. The SMILES string of the molecule is CC[C@]1(O)C[C@@H]2CN(CCc3c([nH]c4ccccc34)[C@@](C(=O)O)(c3cc4c(cc3OC)N(C)[C@H]3[C@@](O)(C(=O)OC)[C@H](OC(C)=O)[C@]5(CC)C=CCN6CC[C@]43[C@@H]65)C2)C1. The molecular formula is C45H56N4O9. The summed E-state index contributed by atoms with van der Waals surface area (Å²) in [6, 6.07) is 10.5. The number of aromatic nitrogens is 1. The van der Waals surface area contributed by atoms with Crippen LogP contribution >= 0.6 is 0 Å². The van der Waals surface area contributed by atoms with Gasteiger partial charge in [-0.25, -0.2) is 4.79 Å². The number of para-hydroxylation sites is 1. The van der Waals surface area contributed by atoms with Crippen LogP contribution in [0.1, 0.15) is 75.3 Å². The summed E-state index contributed by atoms with van der Waals surface area (Å²) in [4.78, 5) is 52.2. The zero-order valence-electron chi connectivity index (χ0n) is 34.3. The van der Waals surface area contributed by atoms with Gasteiger partial charge in [0.25, 0.3) is 0 Å². The van der Waals surface area contributed by atoms with Crippen molar-refractivity contribution in [1.82, 2.24) is 14.8 Å². The van der Waals surface area contributed by atoms with Gasteiger partial charge in [-0.2, -0.15) is 0 Å². The van der Waals surface area contributed by atoms with Crippen molar-refractivity contribution in [3.8, 4) is 5.75 Å². The van der Waals surface area contributed by atoms with E-state index < -0.39 is 57.5 Å². The average Bonchev–Trinajstić information content (AvgIpc) is 3.87. The first-order valence-electron chi connectivity index (χ1n) is 20.8. The van der Waals surface area contributed by atoms with Gasteiger partial charge in [0, 0.05) is 90.9 Å². The fourth-order valence-electron chi connectivity index (χ4n) is 13.3. The Morgan fingerprint density at radius 2 is 1.78 bits per heavy atom. The maximum Gasteiger partial charge on any atom is 0.344 e. The van der Waals surface area contributed by atoms with E-state index in [9.17, 15) is 29.7 Å². The molecule has 10 atom stereocenters. The number of nitrogens with zero attached hydrogens (tertiary/aromatic N) is 3. The van der Waals surface area contributed by atoms with Crippen LogP contribution in [0.3, 0.4) is 0 Å². The predicted molar refractivity (Wildman–Crippen MR) is 216 cm³/mol. The number of benzene rings is 2. The number of H-pyrrole nitrogens is 1. The van der Waals surface area contributed by atoms with Gasteiger partial charge in [-0.3, -0.25) is 19.4 Å². The quantitative estimate of drug-likeness (QED) is 0.202. The van der Waals surface area contributed by atoms with Crippen molar-refractivity contribution >= 4 is 34.5 Å². The van der Waals surface area contributed by atoms with E-state index in [0.717, 1.165) is 22.0 Å². The second-order valence-corrected chi connectivity index (χ2v) is 18.0. The molecule has 0 amide bonds. The molecule has 2 bridgehead atoms. The molecule has 3 aromatic rings. The van der Waals surface area contributed by atoms with E-state index in [1.165, 1.54) is 14.0 Å². The summed E-state index contributed by atoms with van der Waals surface area (Å²) in [6.45, 7) is 8.38. The Balaban J connectivity index is 1.35. The second-order valence-electron chi connectivity index (χ2n) is 18.0. The van der Waals surface area contributed by atoms with Crippen LogP contribution in [-0.2, 0) is 41.1 Å². The lowest BCUT2D eigenvalue weighted by molar-refractivity contribution is -0.228. The van der Waals surface area contributed by atoms with Crippen LogP contribution in [0.25, 0.3) is 10.9 Å². The third kappa shape index (κ3) is 4.93. The van der Waals surface area contributed by atoms with E-state index in [4.69, 9.17) is 14.2 Å². The van der Waals surface area contributed by atoms with E-state index in [-0.39, 0.29) is 18.4 Å². The van der Waals surface area contributed by atoms with Crippen molar-refractivity contribution < 1.29 is 43.9 Å². The second kappa shape index (κ2) is 13.3. The van der Waals surface area contributed by atoms with Gasteiger partial charge in [-0.1, -0.05) is 44.2 Å². The Bertz CT molecular complexity index is 2240. The molecule has 1 aromatic heterocycles. The van der Waals surface area contributed by atoms with E-state index >= 15 is 0 Å². The van der Waals surface area contributed by atoms with E-state index in [2.05, 4.69) is 14.8 Å². The van der Waals surface area contributed by atoms with Gasteiger partial charge in [0.1, 0.15) is 11.2 Å². The molecule has 58 heavy (non-hydrogen) atoms. The van der Waals surface area contributed by atoms with Crippen molar-refractivity contribution in [2.24, 2.45) is 11.3 Å². The number of esters is 2. The summed E-state index contributed by atoms with van der Waals surface area (Å²) in [5.74, 6) is -2.36. The molecule has 5 aliphatic heterocycles. The smallest absolute Gasteiger partial charge is 0.344 e. The third-order valence-electron chi connectivity index (χ3n) is 15.4. The zero-order chi connectivity index (χ0) is 41.2. The number of ether oxygens (including phenoxy) is 3. The Kier molecular flexibility index (Phi) is 8.95. The molecule has 0 radical (unpaired) electrons. The normalized spacial score (nSPS) is 37.4. The molecule has 6 aliphatic rings. The molecular weight excluding hydrogens is 741 g/mol. The van der Waals surface area contributed by atoms with E-state index in [1.807, 2.05) is 74.3 Å². The number of piperidine rings is 1. The molecule has 3 fully saturated rings. The summed E-state index contributed by atoms with van der Waals surface area (Å²) in [6.07, 6.45) is 5.54. The van der Waals surface area contributed by atoms with Crippen molar-refractivity contribution in [2.45, 2.75) is 99.5 Å². The van der Waals surface area contributed by atoms with Gasteiger partial charge < -0.3 is 39.4 Å². The van der Waals surface area contributed by atoms with Gasteiger partial charge in [-0.15, -0.1) is 0 Å². The number of nitrogens with one attached hydrogen (secondary N) is 1. The molecule has 9 rings (SSSR count). The van der Waals surface area contributed by atoms with E-state index in [0.29, 0.717) is 87.5 Å². The molecule has 6 heterocycles. The number of methoxy groups -OCH3 is 2. The fourth-order valence-corrected chi connectivity index (χ4v) is 13.3. The molecule has 13 heteroatoms. The summed E-state index contributed by atoms with van der Waals surface area (Å²) in [7, 11) is 4.62. The lowest BCUT2D eigenvalue weighted by Gasteiger charge is -2.63. The van der Waals surface area contributed by atoms with Gasteiger partial charge in [0.2, 0.25) is 5.60 Å². The molecule has 1 spiro atoms. The van der Waals surface area contributed by atoms with Crippen LogP contribution in [0.4, 0.5) is 5.69 Å². The molecule has 2 saturated heterocycles. The highest BCUT2D eigenvalue weighted by Gasteiger charge is 2.80. The minimum atomic E-state index is -2.32. The number of anilines is 1. The summed E-state index contributed by atoms with van der Waals surface area (Å²) < 4.78 is 17.8. The van der Waals surface area contributed by atoms with Gasteiger partial charge >= 0.3 is 17.9 Å². The van der Waals surface area contributed by atoms with E-state index in [1.54, 1.807) is 7.11 Å². The number of likely N-dealkylation sites (N-methyl/N-ethyl adjacent to an activating group) is 1. The topological polar surface area (TPSA) is 165 Å². The number of carbonyl (C=O) groups excluding carboxylic acids is 2. The number of aliphatic hydroxyl groups is 2. The van der Waals surface area contributed by atoms with Crippen LogP contribution in [0, 0.1) is 11.3 Å². The molecule has 1 saturated carbocycles. The van der Waals surface area contributed by atoms with Crippen LogP contribution in [-0.4, -0.2) is 131 Å². The summed E-state index contributed by atoms with van der Waals surface area (Å²) in [5, 5.41) is 38.2. The minimum Gasteiger partial charge on any atom is -0.496 e. The van der Waals surface area contributed by atoms with Crippen LogP contribution < -0.4 is 9.64 Å². The first kappa shape index (κ1) is 39.1. The third-order valence-corrected chi connectivity index (χ3v) is 15.4. The number of carboxylic acid groups (broad SMARTS) is 1. The maximum atomic E-state index is 14.7. The number of carboxylic acids is 1. The summed E-state index contributed by atoms with van der Waals surface area (Å²) >= 11 is 0.